The predicted molar refractivity (Wildman–Crippen MR) is 64.6 cm³/mol. The van der Waals surface area contributed by atoms with E-state index < -0.39 is 0 Å². The van der Waals surface area contributed by atoms with E-state index in [2.05, 4.69) is 9.97 Å². The van der Waals surface area contributed by atoms with Crippen molar-refractivity contribution < 1.29 is 14.6 Å². The van der Waals surface area contributed by atoms with E-state index in [0.717, 1.165) is 23.3 Å². The molecule has 1 heterocycles. The molecule has 0 atom stereocenters. The Morgan fingerprint density at radius 1 is 1.24 bits per heavy atom. The maximum Gasteiger partial charge on any atom is 0.163 e. The molecule has 2 rings (SSSR count). The van der Waals surface area contributed by atoms with Crippen molar-refractivity contribution in [3.63, 3.8) is 0 Å². The van der Waals surface area contributed by atoms with Gasteiger partial charge in [-0.15, -0.1) is 0 Å². The molecule has 0 spiro atoms. The summed E-state index contributed by atoms with van der Waals surface area (Å²) >= 11 is 0. The van der Waals surface area contributed by atoms with Crippen LogP contribution in [0.2, 0.25) is 0 Å². The summed E-state index contributed by atoms with van der Waals surface area (Å²) in [6.07, 6.45) is 1.43. The number of aromatic amines is 1. The fraction of sp³-hybridized carbons (Fsp3) is 0.417. The van der Waals surface area contributed by atoms with Crippen LogP contribution >= 0.6 is 0 Å². The Morgan fingerprint density at radius 2 is 1.94 bits per heavy atom. The molecule has 0 saturated heterocycles. The average Bonchev–Trinajstić information content (AvgIpc) is 2.76. The molecule has 0 aliphatic carbocycles. The molecule has 2 N–H and O–H groups in total. The standard InChI is InChI=1S/C12H16N2O3/c1-16-10-6-8-9(7-11(10)17-2)14-12(13-8)4-3-5-15/h6-7,15H,3-5H2,1-2H3,(H,13,14). The number of hydrogen-bond acceptors (Lipinski definition) is 4. The number of fused-ring (bicyclic) bond motifs is 1. The smallest absolute Gasteiger partial charge is 0.163 e. The van der Waals surface area contributed by atoms with Crippen LogP contribution in [0.25, 0.3) is 11.0 Å². The number of H-pyrrole nitrogens is 1. The second kappa shape index (κ2) is 5.05. The Morgan fingerprint density at radius 3 is 2.59 bits per heavy atom. The first-order valence-corrected chi connectivity index (χ1v) is 5.50. The molecule has 0 saturated carbocycles. The molecular formula is C12H16N2O3. The number of ether oxygens (including phenoxy) is 2. The van der Waals surface area contributed by atoms with E-state index in [0.29, 0.717) is 17.9 Å². The molecule has 0 aliphatic rings. The Balaban J connectivity index is 2.39. The topological polar surface area (TPSA) is 67.4 Å². The summed E-state index contributed by atoms with van der Waals surface area (Å²) in [6.45, 7) is 0.170. The van der Waals surface area contributed by atoms with E-state index in [4.69, 9.17) is 14.6 Å². The Labute approximate surface area is 99.4 Å². The van der Waals surface area contributed by atoms with Crippen molar-refractivity contribution in [1.82, 2.24) is 9.97 Å². The fourth-order valence-corrected chi connectivity index (χ4v) is 1.75. The monoisotopic (exact) mass is 236 g/mol. The summed E-state index contributed by atoms with van der Waals surface area (Å²) in [6, 6.07) is 3.71. The highest BCUT2D eigenvalue weighted by atomic mass is 16.5. The average molecular weight is 236 g/mol. The number of aliphatic hydroxyl groups is 1. The third kappa shape index (κ3) is 2.34. The quantitative estimate of drug-likeness (QED) is 0.825. The lowest BCUT2D eigenvalue weighted by Gasteiger charge is -2.06. The van der Waals surface area contributed by atoms with Gasteiger partial charge in [-0.3, -0.25) is 0 Å². The molecule has 0 bridgehead atoms. The summed E-state index contributed by atoms with van der Waals surface area (Å²) in [5.74, 6) is 2.21. The van der Waals surface area contributed by atoms with Crippen LogP contribution in [0.4, 0.5) is 0 Å². The van der Waals surface area contributed by atoms with Gasteiger partial charge in [-0.05, 0) is 6.42 Å². The molecule has 1 aromatic heterocycles. The van der Waals surface area contributed by atoms with Crippen molar-refractivity contribution in [3.05, 3.63) is 18.0 Å². The first-order valence-electron chi connectivity index (χ1n) is 5.50. The van der Waals surface area contributed by atoms with E-state index in [1.54, 1.807) is 14.2 Å². The SMILES string of the molecule is COc1cc2nc(CCCO)[nH]c2cc1OC. The molecule has 5 nitrogen and oxygen atoms in total. The lowest BCUT2D eigenvalue weighted by molar-refractivity contribution is 0.287. The second-order valence-electron chi connectivity index (χ2n) is 3.73. The Hall–Kier alpha value is -1.75. The van der Waals surface area contributed by atoms with Gasteiger partial charge in [0.1, 0.15) is 5.82 Å². The summed E-state index contributed by atoms with van der Waals surface area (Å²) in [7, 11) is 3.20. The number of hydrogen-bond donors (Lipinski definition) is 2. The van der Waals surface area contributed by atoms with E-state index in [9.17, 15) is 0 Å². The highest BCUT2D eigenvalue weighted by molar-refractivity contribution is 5.79. The van der Waals surface area contributed by atoms with Crippen LogP contribution in [0.15, 0.2) is 12.1 Å². The third-order valence-corrected chi connectivity index (χ3v) is 2.61. The van der Waals surface area contributed by atoms with Gasteiger partial charge in [-0.1, -0.05) is 0 Å². The number of benzene rings is 1. The first-order chi connectivity index (χ1) is 8.28. The number of aryl methyl sites for hydroxylation is 1. The second-order valence-corrected chi connectivity index (χ2v) is 3.73. The molecule has 2 aromatic rings. The van der Waals surface area contributed by atoms with Gasteiger partial charge in [-0.25, -0.2) is 4.98 Å². The van der Waals surface area contributed by atoms with E-state index in [1.807, 2.05) is 12.1 Å². The number of aliphatic hydroxyl groups excluding tert-OH is 1. The van der Waals surface area contributed by atoms with Crippen LogP contribution in [0.5, 0.6) is 11.5 Å². The van der Waals surface area contributed by atoms with Gasteiger partial charge in [0, 0.05) is 25.2 Å². The lowest BCUT2D eigenvalue weighted by Crippen LogP contribution is -1.90. The van der Waals surface area contributed by atoms with Crippen molar-refractivity contribution in [1.29, 1.82) is 0 Å². The maximum absolute atomic E-state index is 8.79. The predicted octanol–water partition coefficient (Wildman–Crippen LogP) is 1.50. The summed E-state index contributed by atoms with van der Waals surface area (Å²) in [4.78, 5) is 7.63. The van der Waals surface area contributed by atoms with Gasteiger partial charge in [0.05, 0.1) is 25.3 Å². The van der Waals surface area contributed by atoms with Crippen LogP contribution in [-0.2, 0) is 6.42 Å². The fourth-order valence-electron chi connectivity index (χ4n) is 1.75. The molecule has 0 fully saturated rings. The molecule has 0 aliphatic heterocycles. The van der Waals surface area contributed by atoms with Gasteiger partial charge in [-0.2, -0.15) is 0 Å². The molecule has 1 aromatic carbocycles. The zero-order chi connectivity index (χ0) is 12.3. The zero-order valence-corrected chi connectivity index (χ0v) is 9.99. The van der Waals surface area contributed by atoms with Crippen LogP contribution in [-0.4, -0.2) is 35.9 Å². The highest BCUT2D eigenvalue weighted by Crippen LogP contribution is 2.31. The molecule has 0 amide bonds. The van der Waals surface area contributed by atoms with Crippen LogP contribution < -0.4 is 9.47 Å². The molecule has 5 heteroatoms. The minimum atomic E-state index is 0.170. The number of nitrogens with zero attached hydrogens (tertiary/aromatic N) is 1. The minimum Gasteiger partial charge on any atom is -0.493 e. The van der Waals surface area contributed by atoms with Gasteiger partial charge in [0.2, 0.25) is 0 Å². The zero-order valence-electron chi connectivity index (χ0n) is 9.99. The molecule has 0 radical (unpaired) electrons. The summed E-state index contributed by atoms with van der Waals surface area (Å²) in [5.41, 5.74) is 1.76. The number of rotatable bonds is 5. The lowest BCUT2D eigenvalue weighted by atomic mass is 10.3. The van der Waals surface area contributed by atoms with Gasteiger partial charge < -0.3 is 19.6 Å². The van der Waals surface area contributed by atoms with E-state index in [-0.39, 0.29) is 6.61 Å². The highest BCUT2D eigenvalue weighted by Gasteiger charge is 2.09. The van der Waals surface area contributed by atoms with E-state index >= 15 is 0 Å². The van der Waals surface area contributed by atoms with Gasteiger partial charge >= 0.3 is 0 Å². The van der Waals surface area contributed by atoms with Crippen molar-refractivity contribution in [2.45, 2.75) is 12.8 Å². The summed E-state index contributed by atoms with van der Waals surface area (Å²) in [5, 5.41) is 8.79. The van der Waals surface area contributed by atoms with Crippen LogP contribution in [0, 0.1) is 0 Å². The number of methoxy groups -OCH3 is 2. The molecule has 92 valence electrons. The van der Waals surface area contributed by atoms with Crippen molar-refractivity contribution >= 4 is 11.0 Å². The van der Waals surface area contributed by atoms with Crippen LogP contribution in [0.1, 0.15) is 12.2 Å². The van der Waals surface area contributed by atoms with E-state index in [1.165, 1.54) is 0 Å². The largest absolute Gasteiger partial charge is 0.493 e. The maximum atomic E-state index is 8.79. The minimum absolute atomic E-state index is 0.170. The Kier molecular flexibility index (Phi) is 3.49. The number of nitrogens with one attached hydrogen (secondary N) is 1. The summed E-state index contributed by atoms with van der Waals surface area (Å²) < 4.78 is 10.4. The molecular weight excluding hydrogens is 220 g/mol. The molecule has 0 unspecified atom stereocenters. The number of imidazole rings is 1. The Bertz CT molecular complexity index is 467. The van der Waals surface area contributed by atoms with Crippen molar-refractivity contribution in [3.8, 4) is 11.5 Å². The van der Waals surface area contributed by atoms with Crippen LogP contribution in [0.3, 0.4) is 0 Å². The normalized spacial score (nSPS) is 10.8. The van der Waals surface area contributed by atoms with Crippen molar-refractivity contribution in [2.24, 2.45) is 0 Å². The van der Waals surface area contributed by atoms with Gasteiger partial charge in [0.25, 0.3) is 0 Å². The third-order valence-electron chi connectivity index (χ3n) is 2.61. The van der Waals surface area contributed by atoms with Gasteiger partial charge in [0.15, 0.2) is 11.5 Å². The molecule has 17 heavy (non-hydrogen) atoms. The van der Waals surface area contributed by atoms with Crippen molar-refractivity contribution in [2.75, 3.05) is 20.8 Å². The number of aromatic nitrogens is 2. The first kappa shape index (κ1) is 11.7.